The second-order valence-electron chi connectivity index (χ2n) is 3.12. The summed E-state index contributed by atoms with van der Waals surface area (Å²) in [5.74, 6) is -1.45. The Bertz CT molecular complexity index is 372. The predicted molar refractivity (Wildman–Crippen MR) is 50.5 cm³/mol. The number of carboxylic acids is 1. The SMILES string of the molecule is CC(=O)OCC(C)n1nccc1C(=O)O. The summed E-state index contributed by atoms with van der Waals surface area (Å²) < 4.78 is 6.08. The van der Waals surface area contributed by atoms with Crippen molar-refractivity contribution in [3.63, 3.8) is 0 Å². The number of carboxylic acid groups (broad SMARTS) is 1. The molecule has 6 nitrogen and oxygen atoms in total. The summed E-state index contributed by atoms with van der Waals surface area (Å²) in [5, 5.41) is 12.7. The lowest BCUT2D eigenvalue weighted by Gasteiger charge is -2.13. The maximum absolute atomic E-state index is 10.8. The van der Waals surface area contributed by atoms with E-state index in [4.69, 9.17) is 9.84 Å². The summed E-state index contributed by atoms with van der Waals surface area (Å²) >= 11 is 0. The van der Waals surface area contributed by atoms with Gasteiger partial charge in [-0.25, -0.2) is 4.79 Å². The molecule has 0 aromatic carbocycles. The highest BCUT2D eigenvalue weighted by Crippen LogP contribution is 2.09. The standard InChI is InChI=1S/C9H12N2O4/c1-6(5-15-7(2)12)11-8(9(13)14)3-4-10-11/h3-4,6H,5H2,1-2H3,(H,13,14). The van der Waals surface area contributed by atoms with E-state index in [-0.39, 0.29) is 18.3 Å². The summed E-state index contributed by atoms with van der Waals surface area (Å²) in [6, 6.07) is 1.10. The van der Waals surface area contributed by atoms with Crippen LogP contribution in [0.1, 0.15) is 30.4 Å². The first kappa shape index (κ1) is 11.2. The van der Waals surface area contributed by atoms with Crippen molar-refractivity contribution in [2.45, 2.75) is 19.9 Å². The van der Waals surface area contributed by atoms with Gasteiger partial charge in [0.05, 0.1) is 6.04 Å². The van der Waals surface area contributed by atoms with Gasteiger partial charge in [-0.3, -0.25) is 9.48 Å². The molecule has 0 aliphatic heterocycles. The number of hydrogen-bond acceptors (Lipinski definition) is 4. The monoisotopic (exact) mass is 212 g/mol. The lowest BCUT2D eigenvalue weighted by Crippen LogP contribution is -2.19. The van der Waals surface area contributed by atoms with Gasteiger partial charge in [0, 0.05) is 13.1 Å². The van der Waals surface area contributed by atoms with Crippen molar-refractivity contribution in [2.24, 2.45) is 0 Å². The van der Waals surface area contributed by atoms with Crippen molar-refractivity contribution in [1.29, 1.82) is 0 Å². The zero-order chi connectivity index (χ0) is 11.4. The number of esters is 1. The predicted octanol–water partition coefficient (Wildman–Crippen LogP) is 0.705. The van der Waals surface area contributed by atoms with E-state index in [2.05, 4.69) is 5.10 Å². The molecule has 1 atom stereocenters. The van der Waals surface area contributed by atoms with E-state index >= 15 is 0 Å². The van der Waals surface area contributed by atoms with Crippen LogP contribution in [-0.2, 0) is 9.53 Å². The Morgan fingerprint density at radius 2 is 2.33 bits per heavy atom. The quantitative estimate of drug-likeness (QED) is 0.743. The van der Waals surface area contributed by atoms with Gasteiger partial charge in [-0.2, -0.15) is 5.10 Å². The van der Waals surface area contributed by atoms with Crippen LogP contribution in [0.2, 0.25) is 0 Å². The average Bonchev–Trinajstić information content (AvgIpc) is 2.62. The second-order valence-corrected chi connectivity index (χ2v) is 3.12. The van der Waals surface area contributed by atoms with Crippen molar-refractivity contribution >= 4 is 11.9 Å². The third-order valence-electron chi connectivity index (χ3n) is 1.83. The van der Waals surface area contributed by atoms with E-state index in [0.717, 1.165) is 0 Å². The number of aromatic nitrogens is 2. The third kappa shape index (κ3) is 2.80. The van der Waals surface area contributed by atoms with Gasteiger partial charge in [0.25, 0.3) is 0 Å². The van der Waals surface area contributed by atoms with Crippen LogP contribution in [0.15, 0.2) is 12.3 Å². The summed E-state index contributed by atoms with van der Waals surface area (Å²) in [4.78, 5) is 21.3. The first-order valence-electron chi connectivity index (χ1n) is 4.42. The van der Waals surface area contributed by atoms with Gasteiger partial charge in [-0.15, -0.1) is 0 Å². The normalized spacial score (nSPS) is 12.1. The fourth-order valence-electron chi connectivity index (χ4n) is 1.14. The fraction of sp³-hybridized carbons (Fsp3) is 0.444. The molecule has 0 saturated heterocycles. The van der Waals surface area contributed by atoms with Crippen LogP contribution in [-0.4, -0.2) is 33.4 Å². The molecule has 6 heteroatoms. The smallest absolute Gasteiger partial charge is 0.354 e. The summed E-state index contributed by atoms with van der Waals surface area (Å²) in [6.07, 6.45) is 1.40. The zero-order valence-corrected chi connectivity index (χ0v) is 8.51. The molecular weight excluding hydrogens is 200 g/mol. The minimum Gasteiger partial charge on any atom is -0.477 e. The molecule has 0 spiro atoms. The molecule has 0 saturated carbocycles. The van der Waals surface area contributed by atoms with Gasteiger partial charge in [0.1, 0.15) is 12.3 Å². The van der Waals surface area contributed by atoms with Gasteiger partial charge >= 0.3 is 11.9 Å². The van der Waals surface area contributed by atoms with Gasteiger partial charge in [-0.1, -0.05) is 0 Å². The molecule has 1 aromatic rings. The van der Waals surface area contributed by atoms with Gasteiger partial charge in [0.2, 0.25) is 0 Å². The van der Waals surface area contributed by atoms with Gasteiger partial charge in [0.15, 0.2) is 0 Å². The van der Waals surface area contributed by atoms with Crippen molar-refractivity contribution < 1.29 is 19.4 Å². The maximum Gasteiger partial charge on any atom is 0.354 e. The Hall–Kier alpha value is -1.85. The zero-order valence-electron chi connectivity index (χ0n) is 8.51. The van der Waals surface area contributed by atoms with E-state index in [1.165, 1.54) is 23.9 Å². The van der Waals surface area contributed by atoms with E-state index < -0.39 is 11.9 Å². The highest BCUT2D eigenvalue weighted by molar-refractivity contribution is 5.85. The van der Waals surface area contributed by atoms with Crippen LogP contribution >= 0.6 is 0 Å². The third-order valence-corrected chi connectivity index (χ3v) is 1.83. The molecule has 0 aliphatic carbocycles. The molecule has 0 fully saturated rings. The Labute approximate surface area is 86.5 Å². The summed E-state index contributed by atoms with van der Waals surface area (Å²) in [5.41, 5.74) is 0.0784. The topological polar surface area (TPSA) is 81.4 Å². The highest BCUT2D eigenvalue weighted by atomic mass is 16.5. The van der Waals surface area contributed by atoms with Crippen LogP contribution in [0, 0.1) is 0 Å². The molecule has 1 unspecified atom stereocenters. The number of ether oxygens (including phenoxy) is 1. The molecule has 0 radical (unpaired) electrons. The van der Waals surface area contributed by atoms with Crippen molar-refractivity contribution in [2.75, 3.05) is 6.61 Å². The van der Waals surface area contributed by atoms with Crippen molar-refractivity contribution in [3.05, 3.63) is 18.0 Å². The highest BCUT2D eigenvalue weighted by Gasteiger charge is 2.15. The minimum atomic E-state index is -1.05. The Balaban J connectivity index is 2.73. The first-order valence-corrected chi connectivity index (χ1v) is 4.42. The molecule has 1 rings (SSSR count). The molecule has 15 heavy (non-hydrogen) atoms. The molecule has 0 bridgehead atoms. The number of aromatic carboxylic acids is 1. The summed E-state index contributed by atoms with van der Waals surface area (Å²) in [7, 11) is 0. The molecule has 1 aromatic heterocycles. The average molecular weight is 212 g/mol. The van der Waals surface area contributed by atoms with Gasteiger partial charge < -0.3 is 9.84 Å². The Kier molecular flexibility index (Phi) is 3.43. The van der Waals surface area contributed by atoms with Crippen molar-refractivity contribution in [1.82, 2.24) is 9.78 Å². The van der Waals surface area contributed by atoms with Gasteiger partial charge in [-0.05, 0) is 13.0 Å². The lowest BCUT2D eigenvalue weighted by molar-refractivity contribution is -0.142. The molecule has 0 amide bonds. The number of carbonyl (C=O) groups is 2. The maximum atomic E-state index is 10.8. The van der Waals surface area contributed by atoms with E-state index in [0.29, 0.717) is 0 Å². The Morgan fingerprint density at radius 1 is 1.67 bits per heavy atom. The molecule has 82 valence electrons. The second kappa shape index (κ2) is 4.59. The fourth-order valence-corrected chi connectivity index (χ4v) is 1.14. The van der Waals surface area contributed by atoms with E-state index in [1.807, 2.05) is 0 Å². The van der Waals surface area contributed by atoms with Crippen LogP contribution in [0.4, 0.5) is 0 Å². The van der Waals surface area contributed by atoms with Crippen LogP contribution < -0.4 is 0 Å². The number of carbonyl (C=O) groups excluding carboxylic acids is 1. The van der Waals surface area contributed by atoms with Crippen LogP contribution in [0.25, 0.3) is 0 Å². The van der Waals surface area contributed by atoms with Crippen LogP contribution in [0.3, 0.4) is 0 Å². The minimum absolute atomic E-state index is 0.0784. The number of hydrogen-bond donors (Lipinski definition) is 1. The van der Waals surface area contributed by atoms with Crippen molar-refractivity contribution in [3.8, 4) is 0 Å². The molecular formula is C9H12N2O4. The van der Waals surface area contributed by atoms with Crippen LogP contribution in [0.5, 0.6) is 0 Å². The Morgan fingerprint density at radius 3 is 2.87 bits per heavy atom. The number of rotatable bonds is 4. The largest absolute Gasteiger partial charge is 0.477 e. The molecule has 1 heterocycles. The molecule has 1 N–H and O–H groups in total. The lowest BCUT2D eigenvalue weighted by atomic mass is 10.3. The first-order chi connectivity index (χ1) is 7.02. The van der Waals surface area contributed by atoms with E-state index in [1.54, 1.807) is 6.92 Å². The van der Waals surface area contributed by atoms with E-state index in [9.17, 15) is 9.59 Å². The summed E-state index contributed by atoms with van der Waals surface area (Å²) in [6.45, 7) is 3.13. The molecule has 0 aliphatic rings. The number of nitrogens with zero attached hydrogens (tertiary/aromatic N) is 2.